The highest BCUT2D eigenvalue weighted by Gasteiger charge is 2.14. The van der Waals surface area contributed by atoms with Crippen LogP contribution in [0.1, 0.15) is 10.4 Å². The summed E-state index contributed by atoms with van der Waals surface area (Å²) in [5, 5.41) is 3.21. The lowest BCUT2D eigenvalue weighted by Gasteiger charge is -2.06. The lowest BCUT2D eigenvalue weighted by Crippen LogP contribution is -2.22. The molecule has 0 saturated carbocycles. The molecular formula is C18H12ClN3O3S. The van der Waals surface area contributed by atoms with E-state index < -0.39 is 5.91 Å². The summed E-state index contributed by atoms with van der Waals surface area (Å²) >= 11 is 7.37. The Balaban J connectivity index is 1.74. The summed E-state index contributed by atoms with van der Waals surface area (Å²) in [5.41, 5.74) is 0.883. The van der Waals surface area contributed by atoms with Crippen LogP contribution in [0, 0.1) is 0 Å². The van der Waals surface area contributed by atoms with Crippen LogP contribution in [0.5, 0.6) is 5.75 Å². The number of nitrogens with one attached hydrogen (secondary N) is 1. The summed E-state index contributed by atoms with van der Waals surface area (Å²) in [7, 11) is 1.55. The Bertz CT molecular complexity index is 1200. The van der Waals surface area contributed by atoms with Crippen molar-refractivity contribution in [2.45, 2.75) is 0 Å². The van der Waals surface area contributed by atoms with Crippen LogP contribution in [-0.2, 0) is 0 Å². The van der Waals surface area contributed by atoms with Gasteiger partial charge in [0, 0.05) is 10.6 Å². The van der Waals surface area contributed by atoms with Gasteiger partial charge in [-0.3, -0.25) is 9.59 Å². The van der Waals surface area contributed by atoms with Gasteiger partial charge in [0.2, 0.25) is 0 Å². The van der Waals surface area contributed by atoms with Crippen LogP contribution in [0.25, 0.3) is 15.2 Å². The first-order chi connectivity index (χ1) is 12.6. The maximum Gasteiger partial charge on any atom is 0.282 e. The van der Waals surface area contributed by atoms with Crippen molar-refractivity contribution < 1.29 is 9.53 Å². The van der Waals surface area contributed by atoms with E-state index in [2.05, 4.69) is 10.3 Å². The number of rotatable bonds is 3. The average Bonchev–Trinajstić information content (AvgIpc) is 3.02. The van der Waals surface area contributed by atoms with E-state index in [9.17, 15) is 9.59 Å². The van der Waals surface area contributed by atoms with Crippen LogP contribution in [0.4, 0.5) is 5.69 Å². The number of methoxy groups -OCH3 is 1. The predicted molar refractivity (Wildman–Crippen MR) is 103 cm³/mol. The molecule has 0 spiro atoms. The Morgan fingerprint density at radius 3 is 2.73 bits per heavy atom. The molecule has 0 bridgehead atoms. The second kappa shape index (κ2) is 6.44. The quantitative estimate of drug-likeness (QED) is 0.581. The first-order valence-electron chi connectivity index (χ1n) is 7.62. The van der Waals surface area contributed by atoms with Gasteiger partial charge in [0.05, 0.1) is 23.5 Å². The number of amides is 1. The SMILES string of the molecule is COc1ccc(C(=O)Nc2cnc3sc4cc(Cl)ccc4n3c2=O)cc1. The van der Waals surface area contributed by atoms with E-state index in [1.165, 1.54) is 21.9 Å². The van der Waals surface area contributed by atoms with E-state index in [1.54, 1.807) is 49.6 Å². The Kier molecular flexibility index (Phi) is 4.10. The summed E-state index contributed by atoms with van der Waals surface area (Å²) in [6, 6.07) is 11.9. The van der Waals surface area contributed by atoms with Crippen molar-refractivity contribution in [2.75, 3.05) is 12.4 Å². The molecule has 1 N–H and O–H groups in total. The van der Waals surface area contributed by atoms with Crippen molar-refractivity contribution in [3.8, 4) is 5.75 Å². The van der Waals surface area contributed by atoms with Crippen LogP contribution >= 0.6 is 22.9 Å². The first-order valence-corrected chi connectivity index (χ1v) is 8.81. The topological polar surface area (TPSA) is 72.7 Å². The van der Waals surface area contributed by atoms with Gasteiger partial charge in [0.25, 0.3) is 11.5 Å². The monoisotopic (exact) mass is 385 g/mol. The zero-order valence-electron chi connectivity index (χ0n) is 13.5. The van der Waals surface area contributed by atoms with Gasteiger partial charge < -0.3 is 10.1 Å². The molecule has 0 aliphatic heterocycles. The first kappa shape index (κ1) is 16.6. The Hall–Kier alpha value is -2.90. The lowest BCUT2D eigenvalue weighted by atomic mass is 10.2. The van der Waals surface area contributed by atoms with Crippen molar-refractivity contribution in [1.29, 1.82) is 0 Å². The van der Waals surface area contributed by atoms with Gasteiger partial charge in [0.15, 0.2) is 4.96 Å². The highest BCUT2D eigenvalue weighted by molar-refractivity contribution is 7.23. The molecule has 0 aliphatic rings. The highest BCUT2D eigenvalue weighted by Crippen LogP contribution is 2.27. The van der Waals surface area contributed by atoms with E-state index in [0.29, 0.717) is 26.8 Å². The van der Waals surface area contributed by atoms with Crippen molar-refractivity contribution >= 4 is 49.7 Å². The fourth-order valence-electron chi connectivity index (χ4n) is 2.60. The number of anilines is 1. The molecule has 0 unspecified atom stereocenters. The normalized spacial score (nSPS) is 11.0. The minimum absolute atomic E-state index is 0.109. The highest BCUT2D eigenvalue weighted by atomic mass is 35.5. The molecule has 0 fully saturated rings. The number of ether oxygens (including phenoxy) is 1. The van der Waals surface area contributed by atoms with E-state index >= 15 is 0 Å². The standard InChI is InChI=1S/C18H12ClN3O3S/c1-25-12-5-2-10(3-6-12)16(23)21-13-9-20-18-22(17(13)24)14-7-4-11(19)8-15(14)26-18/h2-9H,1H3,(H,21,23). The van der Waals surface area contributed by atoms with E-state index in [1.807, 2.05) is 0 Å². The Morgan fingerprint density at radius 2 is 2.00 bits per heavy atom. The molecule has 4 rings (SSSR count). The van der Waals surface area contributed by atoms with E-state index in [0.717, 1.165) is 4.70 Å². The van der Waals surface area contributed by atoms with Crippen molar-refractivity contribution in [3.05, 3.63) is 69.6 Å². The van der Waals surface area contributed by atoms with E-state index in [4.69, 9.17) is 16.3 Å². The molecule has 6 nitrogen and oxygen atoms in total. The molecule has 0 atom stereocenters. The van der Waals surface area contributed by atoms with Gasteiger partial charge in [0.1, 0.15) is 11.4 Å². The van der Waals surface area contributed by atoms with Crippen LogP contribution in [0.15, 0.2) is 53.5 Å². The Labute approximate surface area is 156 Å². The molecule has 0 saturated heterocycles. The average molecular weight is 386 g/mol. The molecule has 8 heteroatoms. The van der Waals surface area contributed by atoms with Gasteiger partial charge in [-0.05, 0) is 42.5 Å². The number of hydrogen-bond acceptors (Lipinski definition) is 5. The second-order valence-electron chi connectivity index (χ2n) is 5.49. The zero-order valence-corrected chi connectivity index (χ0v) is 15.1. The number of halogens is 1. The predicted octanol–water partition coefficient (Wildman–Crippen LogP) is 3.82. The molecule has 0 aliphatic carbocycles. The maximum atomic E-state index is 12.8. The summed E-state index contributed by atoms with van der Waals surface area (Å²) in [6.45, 7) is 0. The third-order valence-electron chi connectivity index (χ3n) is 3.89. The Morgan fingerprint density at radius 1 is 1.23 bits per heavy atom. The summed E-state index contributed by atoms with van der Waals surface area (Å²) in [4.78, 5) is 30.0. The number of carbonyl (C=O) groups is 1. The van der Waals surface area contributed by atoms with E-state index in [-0.39, 0.29) is 11.2 Å². The molecule has 2 heterocycles. The van der Waals surface area contributed by atoms with Crippen LogP contribution in [0.3, 0.4) is 0 Å². The molecular weight excluding hydrogens is 374 g/mol. The summed E-state index contributed by atoms with van der Waals surface area (Å²) in [5.74, 6) is 0.252. The minimum atomic E-state index is -0.394. The van der Waals surface area contributed by atoms with Gasteiger partial charge in [-0.1, -0.05) is 22.9 Å². The number of aromatic nitrogens is 2. The summed E-state index contributed by atoms with van der Waals surface area (Å²) < 4.78 is 7.39. The smallest absolute Gasteiger partial charge is 0.282 e. The fraction of sp³-hybridized carbons (Fsp3) is 0.0556. The minimum Gasteiger partial charge on any atom is -0.497 e. The van der Waals surface area contributed by atoms with Gasteiger partial charge in [-0.25, -0.2) is 9.38 Å². The van der Waals surface area contributed by atoms with Gasteiger partial charge in [-0.2, -0.15) is 0 Å². The molecule has 0 radical (unpaired) electrons. The van der Waals surface area contributed by atoms with Crippen LogP contribution < -0.4 is 15.6 Å². The number of fused-ring (bicyclic) bond motifs is 3. The molecule has 4 aromatic rings. The van der Waals surface area contributed by atoms with Gasteiger partial charge in [-0.15, -0.1) is 0 Å². The molecule has 26 heavy (non-hydrogen) atoms. The van der Waals surface area contributed by atoms with Crippen LogP contribution in [0.2, 0.25) is 5.02 Å². The molecule has 2 aromatic carbocycles. The summed E-state index contributed by atoms with van der Waals surface area (Å²) in [6.07, 6.45) is 1.37. The molecule has 1 amide bonds. The lowest BCUT2D eigenvalue weighted by molar-refractivity contribution is 0.102. The molecule has 130 valence electrons. The van der Waals surface area contributed by atoms with Crippen molar-refractivity contribution in [2.24, 2.45) is 0 Å². The number of thiazole rings is 1. The largest absolute Gasteiger partial charge is 0.497 e. The van der Waals surface area contributed by atoms with Crippen molar-refractivity contribution in [3.63, 3.8) is 0 Å². The molecule has 2 aromatic heterocycles. The number of carbonyl (C=O) groups excluding carboxylic acids is 1. The number of nitrogens with zero attached hydrogens (tertiary/aromatic N) is 2. The van der Waals surface area contributed by atoms with Gasteiger partial charge >= 0.3 is 0 Å². The third-order valence-corrected chi connectivity index (χ3v) is 5.15. The van der Waals surface area contributed by atoms with Crippen molar-refractivity contribution in [1.82, 2.24) is 9.38 Å². The zero-order chi connectivity index (χ0) is 18.3. The number of benzene rings is 2. The maximum absolute atomic E-state index is 12.8. The fourth-order valence-corrected chi connectivity index (χ4v) is 3.86. The number of hydrogen-bond donors (Lipinski definition) is 1. The second-order valence-corrected chi connectivity index (χ2v) is 6.94. The third kappa shape index (κ3) is 2.81. The van der Waals surface area contributed by atoms with Crippen LogP contribution in [-0.4, -0.2) is 22.4 Å².